The summed E-state index contributed by atoms with van der Waals surface area (Å²) in [6.07, 6.45) is 0. The Morgan fingerprint density at radius 3 is 1.82 bits per heavy atom. The molecular formula is C8H9N3. The second-order valence-electron chi connectivity index (χ2n) is 2.50. The second-order valence-corrected chi connectivity index (χ2v) is 2.50. The molecule has 0 fully saturated rings. The number of benzene rings is 1. The van der Waals surface area contributed by atoms with Crippen LogP contribution in [0.2, 0.25) is 0 Å². The van der Waals surface area contributed by atoms with Crippen LogP contribution in [0.4, 0.5) is 11.6 Å². The van der Waals surface area contributed by atoms with Gasteiger partial charge in [0.25, 0.3) is 0 Å². The van der Waals surface area contributed by atoms with E-state index in [1.165, 1.54) is 0 Å². The molecule has 0 unspecified atom stereocenters. The van der Waals surface area contributed by atoms with Crippen LogP contribution in [0.25, 0.3) is 10.8 Å². The monoisotopic (exact) mass is 147 g/mol. The van der Waals surface area contributed by atoms with E-state index in [4.69, 9.17) is 11.5 Å². The highest BCUT2D eigenvalue weighted by atomic mass is 14.9. The fraction of sp³-hybridized carbons (Fsp3) is 0. The summed E-state index contributed by atoms with van der Waals surface area (Å²) in [5, 5.41) is 1.98. The van der Waals surface area contributed by atoms with Crippen molar-refractivity contribution < 1.29 is 0 Å². The van der Waals surface area contributed by atoms with Crippen molar-refractivity contribution in [2.45, 2.75) is 0 Å². The van der Waals surface area contributed by atoms with Crippen molar-refractivity contribution in [1.29, 1.82) is 0 Å². The summed E-state index contributed by atoms with van der Waals surface area (Å²) in [5.41, 5.74) is 11.3. The molecule has 0 atom stereocenters. The van der Waals surface area contributed by atoms with Crippen molar-refractivity contribution in [2.24, 2.45) is 0 Å². The Bertz CT molecular complexity index is 353. The van der Waals surface area contributed by atoms with Gasteiger partial charge in [-0.3, -0.25) is 0 Å². The van der Waals surface area contributed by atoms with Crippen LogP contribution < -0.4 is 11.5 Å². The molecule has 3 heteroatoms. The molecule has 0 aliphatic rings. The van der Waals surface area contributed by atoms with Gasteiger partial charge in [-0.05, 0) is 0 Å². The number of aromatic amines is 1. The fourth-order valence-electron chi connectivity index (χ4n) is 1.23. The zero-order valence-electron chi connectivity index (χ0n) is 5.96. The standard InChI is InChI=1S/C8H9N3/c9-7-5-3-1-2-4-6(5)8(10)11-7/h1-4,11H,9-10H2. The molecule has 3 nitrogen and oxygen atoms in total. The number of hydrogen-bond donors (Lipinski definition) is 3. The van der Waals surface area contributed by atoms with E-state index in [0.717, 1.165) is 10.8 Å². The number of nitrogens with one attached hydrogen (secondary N) is 1. The minimum atomic E-state index is 0.637. The maximum absolute atomic E-state index is 5.64. The van der Waals surface area contributed by atoms with Crippen molar-refractivity contribution in [3.05, 3.63) is 24.3 Å². The molecule has 0 radical (unpaired) electrons. The average Bonchev–Trinajstić information content (AvgIpc) is 2.30. The highest BCUT2D eigenvalue weighted by Crippen LogP contribution is 2.25. The minimum absolute atomic E-state index is 0.637. The zero-order valence-corrected chi connectivity index (χ0v) is 5.96. The van der Waals surface area contributed by atoms with E-state index in [0.29, 0.717) is 11.6 Å². The highest BCUT2D eigenvalue weighted by Gasteiger charge is 2.02. The number of aromatic nitrogens is 1. The van der Waals surface area contributed by atoms with E-state index in [1.54, 1.807) is 0 Å². The lowest BCUT2D eigenvalue weighted by molar-refractivity contribution is 1.43. The van der Waals surface area contributed by atoms with Gasteiger partial charge in [0.15, 0.2) is 0 Å². The lowest BCUT2D eigenvalue weighted by atomic mass is 10.2. The molecule has 0 aliphatic carbocycles. The first-order valence-electron chi connectivity index (χ1n) is 3.40. The van der Waals surface area contributed by atoms with E-state index in [2.05, 4.69) is 4.98 Å². The maximum Gasteiger partial charge on any atom is 0.110 e. The van der Waals surface area contributed by atoms with Crippen molar-refractivity contribution in [2.75, 3.05) is 11.5 Å². The quantitative estimate of drug-likeness (QED) is 0.526. The van der Waals surface area contributed by atoms with Gasteiger partial charge in [-0.25, -0.2) is 0 Å². The molecule has 1 aromatic heterocycles. The number of anilines is 2. The zero-order chi connectivity index (χ0) is 7.84. The third-order valence-electron chi connectivity index (χ3n) is 1.78. The minimum Gasteiger partial charge on any atom is -0.385 e. The van der Waals surface area contributed by atoms with Crippen LogP contribution in [0, 0.1) is 0 Å². The summed E-state index contributed by atoms with van der Waals surface area (Å²) < 4.78 is 0. The number of hydrogen-bond acceptors (Lipinski definition) is 2. The van der Waals surface area contributed by atoms with Crippen molar-refractivity contribution in [3.63, 3.8) is 0 Å². The van der Waals surface area contributed by atoms with Crippen LogP contribution in [0.1, 0.15) is 0 Å². The van der Waals surface area contributed by atoms with Crippen LogP contribution in [0.3, 0.4) is 0 Å². The van der Waals surface area contributed by atoms with Gasteiger partial charge in [0, 0.05) is 10.8 Å². The molecule has 0 amide bonds. The summed E-state index contributed by atoms with van der Waals surface area (Å²) in [7, 11) is 0. The van der Waals surface area contributed by atoms with Gasteiger partial charge in [-0.2, -0.15) is 0 Å². The molecule has 0 aliphatic heterocycles. The molecule has 0 saturated heterocycles. The van der Waals surface area contributed by atoms with E-state index in [1.807, 2.05) is 24.3 Å². The first-order valence-corrected chi connectivity index (χ1v) is 3.40. The van der Waals surface area contributed by atoms with Crippen molar-refractivity contribution in [3.8, 4) is 0 Å². The molecule has 1 aromatic carbocycles. The normalized spacial score (nSPS) is 10.5. The van der Waals surface area contributed by atoms with Crippen LogP contribution >= 0.6 is 0 Å². The Morgan fingerprint density at radius 1 is 0.909 bits per heavy atom. The van der Waals surface area contributed by atoms with Gasteiger partial charge < -0.3 is 16.5 Å². The second kappa shape index (κ2) is 1.92. The summed E-state index contributed by atoms with van der Waals surface area (Å²) in [6, 6.07) is 7.76. The van der Waals surface area contributed by atoms with Crippen LogP contribution in [0.15, 0.2) is 24.3 Å². The predicted octanol–water partition coefficient (Wildman–Crippen LogP) is 1.33. The van der Waals surface area contributed by atoms with E-state index in [-0.39, 0.29) is 0 Å². The molecule has 0 spiro atoms. The molecule has 2 aromatic rings. The van der Waals surface area contributed by atoms with Crippen molar-refractivity contribution in [1.82, 2.24) is 4.98 Å². The first kappa shape index (κ1) is 6.09. The topological polar surface area (TPSA) is 67.8 Å². The van der Waals surface area contributed by atoms with E-state index in [9.17, 15) is 0 Å². The van der Waals surface area contributed by atoms with E-state index >= 15 is 0 Å². The number of rotatable bonds is 0. The molecule has 5 N–H and O–H groups in total. The lowest BCUT2D eigenvalue weighted by Gasteiger charge is -1.87. The first-order chi connectivity index (χ1) is 5.29. The number of H-pyrrole nitrogens is 1. The van der Waals surface area contributed by atoms with Crippen LogP contribution in [-0.2, 0) is 0 Å². The Kier molecular flexibility index (Phi) is 1.06. The molecule has 0 saturated carbocycles. The van der Waals surface area contributed by atoms with Crippen LogP contribution in [0.5, 0.6) is 0 Å². The Labute approximate surface area is 64.0 Å². The highest BCUT2D eigenvalue weighted by molar-refractivity contribution is 5.99. The van der Waals surface area contributed by atoms with E-state index < -0.39 is 0 Å². The Morgan fingerprint density at radius 2 is 1.36 bits per heavy atom. The third kappa shape index (κ3) is 0.741. The van der Waals surface area contributed by atoms with Gasteiger partial charge in [-0.15, -0.1) is 0 Å². The molecule has 11 heavy (non-hydrogen) atoms. The average molecular weight is 147 g/mol. The molecular weight excluding hydrogens is 138 g/mol. The SMILES string of the molecule is Nc1[nH]c(N)c2ccccc12. The molecule has 56 valence electrons. The molecule has 0 bridgehead atoms. The Hall–Kier alpha value is -1.64. The summed E-state index contributed by atoms with van der Waals surface area (Å²) >= 11 is 0. The summed E-state index contributed by atoms with van der Waals surface area (Å²) in [6.45, 7) is 0. The fourth-order valence-corrected chi connectivity index (χ4v) is 1.23. The van der Waals surface area contributed by atoms with Crippen molar-refractivity contribution >= 4 is 22.4 Å². The predicted molar refractivity (Wildman–Crippen MR) is 47.1 cm³/mol. The number of nitrogens with two attached hydrogens (primary N) is 2. The summed E-state index contributed by atoms with van der Waals surface area (Å²) in [4.78, 5) is 2.87. The molecule has 2 rings (SSSR count). The van der Waals surface area contributed by atoms with Gasteiger partial charge >= 0.3 is 0 Å². The Balaban J connectivity index is 2.95. The molecule has 1 heterocycles. The number of nitrogen functional groups attached to an aromatic ring is 2. The van der Waals surface area contributed by atoms with Gasteiger partial charge in [0.1, 0.15) is 11.6 Å². The smallest absolute Gasteiger partial charge is 0.110 e. The maximum atomic E-state index is 5.64. The lowest BCUT2D eigenvalue weighted by Crippen LogP contribution is -1.86. The van der Waals surface area contributed by atoms with Gasteiger partial charge in [-0.1, -0.05) is 24.3 Å². The van der Waals surface area contributed by atoms with Crippen LogP contribution in [-0.4, -0.2) is 4.98 Å². The van der Waals surface area contributed by atoms with Gasteiger partial charge in [0.2, 0.25) is 0 Å². The largest absolute Gasteiger partial charge is 0.385 e. The summed E-state index contributed by atoms with van der Waals surface area (Å²) in [5.74, 6) is 1.27. The van der Waals surface area contributed by atoms with Gasteiger partial charge in [0.05, 0.1) is 0 Å². The third-order valence-corrected chi connectivity index (χ3v) is 1.78. The number of fused-ring (bicyclic) bond motifs is 1.